The predicted molar refractivity (Wildman–Crippen MR) is 139 cm³/mol. The molecule has 4 aromatic rings. The number of benzene rings is 4. The maximum absolute atomic E-state index is 14.2. The molecule has 0 N–H and O–H groups in total. The van der Waals surface area contributed by atoms with E-state index >= 15 is 0 Å². The maximum Gasteiger partial charge on any atom is 0.417 e. The standard InChI is InChI=1S/C31H20F9NO/c32-29(33,34)19-16-23(21-6-1-3-8-25(21)30(35,36)37)28(18-11-13-20(14-12-18)41-15-5-10-27(41)42)24(17-19)22-7-2-4-9-26(22)31(38,39)40/h1-4,6-9,11-14,16-17H,5,10,15H2. The number of carbonyl (C=O) groups is 1. The third-order valence-electron chi connectivity index (χ3n) is 7.05. The number of hydrogen-bond acceptors (Lipinski definition) is 1. The van der Waals surface area contributed by atoms with Gasteiger partial charge in [-0.15, -0.1) is 0 Å². The van der Waals surface area contributed by atoms with Gasteiger partial charge in [0.15, 0.2) is 0 Å². The fraction of sp³-hybridized carbons (Fsp3) is 0.194. The van der Waals surface area contributed by atoms with Gasteiger partial charge in [0, 0.05) is 18.7 Å². The minimum absolute atomic E-state index is 0.0677. The number of rotatable bonds is 4. The first kappa shape index (κ1) is 29.2. The highest BCUT2D eigenvalue weighted by atomic mass is 19.4. The van der Waals surface area contributed by atoms with Gasteiger partial charge in [-0.25, -0.2) is 0 Å². The Balaban J connectivity index is 1.89. The van der Waals surface area contributed by atoms with Crippen molar-refractivity contribution in [2.45, 2.75) is 31.4 Å². The molecular formula is C31H20F9NO. The quantitative estimate of drug-likeness (QED) is 0.216. The van der Waals surface area contributed by atoms with Crippen LogP contribution in [0.15, 0.2) is 84.9 Å². The van der Waals surface area contributed by atoms with E-state index < -0.39 is 57.5 Å². The second-order valence-electron chi connectivity index (χ2n) is 9.73. The third-order valence-corrected chi connectivity index (χ3v) is 7.05. The van der Waals surface area contributed by atoms with Crippen LogP contribution in [-0.4, -0.2) is 12.5 Å². The SMILES string of the molecule is O=C1CCCN1c1ccc(-c2c(-c3ccccc3C(F)(F)F)cc(C(F)(F)F)cc2-c2ccccc2C(F)(F)F)cc1. The average Bonchev–Trinajstić information content (AvgIpc) is 3.36. The molecule has 2 nitrogen and oxygen atoms in total. The van der Waals surface area contributed by atoms with Crippen molar-refractivity contribution in [1.29, 1.82) is 0 Å². The minimum atomic E-state index is -5.09. The molecule has 1 fully saturated rings. The van der Waals surface area contributed by atoms with Gasteiger partial charge in [0.25, 0.3) is 0 Å². The van der Waals surface area contributed by atoms with Gasteiger partial charge < -0.3 is 4.90 Å². The van der Waals surface area contributed by atoms with Crippen molar-refractivity contribution in [2.75, 3.05) is 11.4 Å². The van der Waals surface area contributed by atoms with Crippen LogP contribution < -0.4 is 4.90 Å². The van der Waals surface area contributed by atoms with Crippen LogP contribution in [0, 0.1) is 0 Å². The number of amides is 1. The Morgan fingerprint density at radius 2 is 1.05 bits per heavy atom. The first-order valence-corrected chi connectivity index (χ1v) is 12.7. The van der Waals surface area contributed by atoms with Crippen molar-refractivity contribution < 1.29 is 44.3 Å². The van der Waals surface area contributed by atoms with Gasteiger partial charge in [-0.3, -0.25) is 4.79 Å². The Kier molecular flexibility index (Phi) is 7.32. The normalized spacial score (nSPS) is 14.5. The van der Waals surface area contributed by atoms with E-state index in [0.717, 1.165) is 24.3 Å². The summed E-state index contributed by atoms with van der Waals surface area (Å²) in [6.45, 7) is 0.423. The van der Waals surface area contributed by atoms with Gasteiger partial charge in [-0.2, -0.15) is 39.5 Å². The lowest BCUT2D eigenvalue weighted by molar-refractivity contribution is -0.137. The van der Waals surface area contributed by atoms with E-state index in [4.69, 9.17) is 0 Å². The molecule has 0 aliphatic carbocycles. The molecule has 0 saturated carbocycles. The second kappa shape index (κ2) is 10.5. The van der Waals surface area contributed by atoms with E-state index in [1.165, 1.54) is 41.3 Å². The summed E-state index contributed by atoms with van der Waals surface area (Å²) in [5, 5.41) is 0. The molecule has 0 aromatic heterocycles. The van der Waals surface area contributed by atoms with Crippen LogP contribution in [0.5, 0.6) is 0 Å². The first-order chi connectivity index (χ1) is 19.7. The Labute approximate surface area is 234 Å². The largest absolute Gasteiger partial charge is 0.417 e. The van der Waals surface area contributed by atoms with E-state index in [-0.39, 0.29) is 17.0 Å². The van der Waals surface area contributed by atoms with Crippen LogP contribution in [0.2, 0.25) is 0 Å². The van der Waals surface area contributed by atoms with Crippen molar-refractivity contribution in [3.05, 3.63) is 102 Å². The Bertz CT molecular complexity index is 1560. The molecule has 1 aliphatic heterocycles. The molecule has 1 heterocycles. The highest BCUT2D eigenvalue weighted by Gasteiger charge is 2.39. The highest BCUT2D eigenvalue weighted by Crippen LogP contribution is 2.49. The van der Waals surface area contributed by atoms with Gasteiger partial charge in [-0.1, -0.05) is 48.5 Å². The van der Waals surface area contributed by atoms with Gasteiger partial charge in [0.1, 0.15) is 0 Å². The Morgan fingerprint density at radius 1 is 0.571 bits per heavy atom. The Hall–Kier alpha value is -4.28. The smallest absolute Gasteiger partial charge is 0.312 e. The zero-order chi connectivity index (χ0) is 30.4. The van der Waals surface area contributed by atoms with Crippen molar-refractivity contribution in [2.24, 2.45) is 0 Å². The predicted octanol–water partition coefficient (Wildman–Crippen LogP) is 9.87. The lowest BCUT2D eigenvalue weighted by Crippen LogP contribution is -2.23. The van der Waals surface area contributed by atoms with Gasteiger partial charge in [0.05, 0.1) is 16.7 Å². The molecule has 0 unspecified atom stereocenters. The van der Waals surface area contributed by atoms with E-state index in [1.807, 2.05) is 0 Å². The van der Waals surface area contributed by atoms with Crippen LogP contribution in [0.1, 0.15) is 29.5 Å². The van der Waals surface area contributed by atoms with Gasteiger partial charge in [0.2, 0.25) is 5.91 Å². The maximum atomic E-state index is 14.2. The van der Waals surface area contributed by atoms with Crippen molar-refractivity contribution in [3.8, 4) is 33.4 Å². The third kappa shape index (κ3) is 5.60. The molecule has 4 aromatic carbocycles. The van der Waals surface area contributed by atoms with Crippen LogP contribution in [-0.2, 0) is 23.3 Å². The molecule has 5 rings (SSSR count). The molecule has 218 valence electrons. The average molecular weight is 593 g/mol. The lowest BCUT2D eigenvalue weighted by atomic mass is 9.83. The summed E-state index contributed by atoms with van der Waals surface area (Å²) < 4.78 is 127. The van der Waals surface area contributed by atoms with Crippen LogP contribution in [0.4, 0.5) is 45.2 Å². The zero-order valence-electron chi connectivity index (χ0n) is 21.5. The summed E-state index contributed by atoms with van der Waals surface area (Å²) in [5.74, 6) is -0.156. The number of nitrogens with zero attached hydrogens (tertiary/aromatic N) is 1. The van der Waals surface area contributed by atoms with Crippen LogP contribution in [0.25, 0.3) is 33.4 Å². The molecule has 11 heteroatoms. The number of hydrogen-bond donors (Lipinski definition) is 0. The molecule has 0 radical (unpaired) electrons. The number of alkyl halides is 9. The molecule has 1 amide bonds. The second-order valence-corrected chi connectivity index (χ2v) is 9.73. The van der Waals surface area contributed by atoms with E-state index in [1.54, 1.807) is 0 Å². The number of halogens is 9. The Morgan fingerprint density at radius 3 is 1.45 bits per heavy atom. The summed E-state index contributed by atoms with van der Waals surface area (Å²) in [6, 6.07) is 14.7. The summed E-state index contributed by atoms with van der Waals surface area (Å²) >= 11 is 0. The van der Waals surface area contributed by atoms with Crippen molar-refractivity contribution in [3.63, 3.8) is 0 Å². The fourth-order valence-corrected chi connectivity index (χ4v) is 5.20. The van der Waals surface area contributed by atoms with Crippen molar-refractivity contribution >= 4 is 11.6 Å². The lowest BCUT2D eigenvalue weighted by Gasteiger charge is -2.24. The monoisotopic (exact) mass is 593 g/mol. The topological polar surface area (TPSA) is 20.3 Å². The highest BCUT2D eigenvalue weighted by molar-refractivity contribution is 5.98. The molecule has 1 saturated heterocycles. The fourth-order valence-electron chi connectivity index (χ4n) is 5.20. The molecule has 1 aliphatic rings. The van der Waals surface area contributed by atoms with Gasteiger partial charge >= 0.3 is 18.5 Å². The number of anilines is 1. The van der Waals surface area contributed by atoms with E-state index in [2.05, 4.69) is 0 Å². The molecule has 42 heavy (non-hydrogen) atoms. The zero-order valence-corrected chi connectivity index (χ0v) is 21.5. The summed E-state index contributed by atoms with van der Waals surface area (Å²) in [6.07, 6.45) is -14.1. The van der Waals surface area contributed by atoms with Crippen LogP contribution in [0.3, 0.4) is 0 Å². The van der Waals surface area contributed by atoms with Crippen molar-refractivity contribution in [1.82, 2.24) is 0 Å². The number of carbonyl (C=O) groups excluding carboxylic acids is 1. The van der Waals surface area contributed by atoms with E-state index in [9.17, 15) is 44.3 Å². The summed E-state index contributed by atoms with van der Waals surface area (Å²) in [5.41, 5.74) is -6.00. The molecule has 0 atom stereocenters. The minimum Gasteiger partial charge on any atom is -0.312 e. The first-order valence-electron chi connectivity index (χ1n) is 12.7. The molecule has 0 spiro atoms. The summed E-state index contributed by atoms with van der Waals surface area (Å²) in [4.78, 5) is 13.7. The van der Waals surface area contributed by atoms with Crippen LogP contribution >= 0.6 is 0 Å². The van der Waals surface area contributed by atoms with E-state index in [0.29, 0.717) is 49.3 Å². The van der Waals surface area contributed by atoms with Gasteiger partial charge in [-0.05, 0) is 76.2 Å². The molecular weight excluding hydrogens is 573 g/mol. The summed E-state index contributed by atoms with van der Waals surface area (Å²) in [7, 11) is 0. The molecule has 0 bridgehead atoms.